The number of piperazine rings is 1. The number of aromatic hydroxyl groups is 1. The molecule has 1 fully saturated rings. The maximum atomic E-state index is 9.38. The van der Waals surface area contributed by atoms with E-state index in [1.54, 1.807) is 12.1 Å². The van der Waals surface area contributed by atoms with E-state index < -0.39 is 0 Å². The molecule has 1 saturated heterocycles. The summed E-state index contributed by atoms with van der Waals surface area (Å²) in [7, 11) is 0. The number of guanidine groups is 1. The van der Waals surface area contributed by atoms with Gasteiger partial charge in [-0.15, -0.1) is 24.0 Å². The molecule has 1 aliphatic rings. The summed E-state index contributed by atoms with van der Waals surface area (Å²) in [4.78, 5) is 9.44. The minimum atomic E-state index is 0. The van der Waals surface area contributed by atoms with Crippen LogP contribution in [0.5, 0.6) is 5.75 Å². The van der Waals surface area contributed by atoms with Crippen LogP contribution in [0.2, 0.25) is 0 Å². The summed E-state index contributed by atoms with van der Waals surface area (Å²) in [6, 6.07) is 9.19. The molecule has 2 heterocycles. The van der Waals surface area contributed by atoms with Crippen LogP contribution in [0.4, 0.5) is 0 Å². The fraction of sp³-hybridized carbons (Fsp3) is 0.474. The van der Waals surface area contributed by atoms with Gasteiger partial charge in [-0.1, -0.05) is 17.3 Å². The molecular weight excluding hydrogens is 457 g/mol. The first-order valence-corrected chi connectivity index (χ1v) is 9.09. The highest BCUT2D eigenvalue weighted by molar-refractivity contribution is 14.0. The van der Waals surface area contributed by atoms with Crippen molar-refractivity contribution < 1.29 is 9.63 Å². The van der Waals surface area contributed by atoms with Crippen LogP contribution in [0.1, 0.15) is 23.9 Å². The molecular formula is C19H28IN5O2. The minimum Gasteiger partial charge on any atom is -0.508 e. The number of aromatic nitrogens is 1. The summed E-state index contributed by atoms with van der Waals surface area (Å²) in [5, 5.41) is 16.8. The van der Waals surface area contributed by atoms with Crippen LogP contribution in [0, 0.1) is 6.92 Å². The fourth-order valence-electron chi connectivity index (χ4n) is 3.03. The number of phenols is 1. The summed E-state index contributed by atoms with van der Waals surface area (Å²) in [6.07, 6.45) is 0. The number of hydrogen-bond acceptors (Lipinski definition) is 5. The highest BCUT2D eigenvalue weighted by Gasteiger charge is 2.20. The van der Waals surface area contributed by atoms with E-state index in [9.17, 15) is 5.11 Å². The molecule has 27 heavy (non-hydrogen) atoms. The number of rotatable bonds is 5. The third kappa shape index (κ3) is 6.39. The Morgan fingerprint density at radius 2 is 1.93 bits per heavy atom. The van der Waals surface area contributed by atoms with Gasteiger partial charge in [0.05, 0.1) is 12.2 Å². The molecule has 0 amide bonds. The van der Waals surface area contributed by atoms with E-state index in [2.05, 4.69) is 27.2 Å². The zero-order chi connectivity index (χ0) is 18.4. The number of nitrogens with one attached hydrogen (secondary N) is 1. The van der Waals surface area contributed by atoms with Crippen LogP contribution in [-0.2, 0) is 13.1 Å². The smallest absolute Gasteiger partial charge is 0.194 e. The molecule has 0 spiro atoms. The monoisotopic (exact) mass is 485 g/mol. The lowest BCUT2D eigenvalue weighted by molar-refractivity contribution is 0.169. The van der Waals surface area contributed by atoms with Gasteiger partial charge in [0.2, 0.25) is 0 Å². The SMILES string of the molecule is CCNC(=NCc1ccc(O)cc1)N1CCN(Cc2cc(C)on2)CC1.I. The summed E-state index contributed by atoms with van der Waals surface area (Å²) in [5.74, 6) is 2.08. The number of aryl methyl sites for hydroxylation is 1. The molecule has 0 aliphatic carbocycles. The molecule has 1 aromatic carbocycles. The van der Waals surface area contributed by atoms with Gasteiger partial charge in [-0.25, -0.2) is 4.99 Å². The largest absolute Gasteiger partial charge is 0.508 e. The van der Waals surface area contributed by atoms with Crippen molar-refractivity contribution in [1.29, 1.82) is 0 Å². The predicted octanol–water partition coefficient (Wildman–Crippen LogP) is 2.59. The number of benzene rings is 1. The number of halogens is 1. The lowest BCUT2D eigenvalue weighted by Gasteiger charge is -2.36. The second-order valence-electron chi connectivity index (χ2n) is 6.53. The lowest BCUT2D eigenvalue weighted by atomic mass is 10.2. The molecule has 2 aromatic rings. The van der Waals surface area contributed by atoms with Crippen molar-refractivity contribution in [2.45, 2.75) is 26.9 Å². The normalized spacial score (nSPS) is 15.5. The predicted molar refractivity (Wildman–Crippen MR) is 116 cm³/mol. The van der Waals surface area contributed by atoms with Crippen molar-refractivity contribution in [3.8, 4) is 5.75 Å². The van der Waals surface area contributed by atoms with Crippen molar-refractivity contribution in [3.05, 3.63) is 47.3 Å². The summed E-state index contributed by atoms with van der Waals surface area (Å²) in [5.41, 5.74) is 2.07. The first kappa shape index (κ1) is 21.5. The van der Waals surface area contributed by atoms with E-state index in [0.29, 0.717) is 6.54 Å². The van der Waals surface area contributed by atoms with Gasteiger partial charge in [0.15, 0.2) is 5.96 Å². The number of hydrogen-bond donors (Lipinski definition) is 2. The van der Waals surface area contributed by atoms with Crippen molar-refractivity contribution in [2.24, 2.45) is 4.99 Å². The van der Waals surface area contributed by atoms with E-state index in [1.807, 2.05) is 25.1 Å². The van der Waals surface area contributed by atoms with Crippen LogP contribution < -0.4 is 5.32 Å². The van der Waals surface area contributed by atoms with Crippen LogP contribution >= 0.6 is 24.0 Å². The maximum Gasteiger partial charge on any atom is 0.194 e. The first-order valence-electron chi connectivity index (χ1n) is 9.09. The van der Waals surface area contributed by atoms with Gasteiger partial charge in [-0.3, -0.25) is 4.90 Å². The zero-order valence-electron chi connectivity index (χ0n) is 15.9. The van der Waals surface area contributed by atoms with Gasteiger partial charge in [0.1, 0.15) is 11.5 Å². The minimum absolute atomic E-state index is 0. The molecule has 0 unspecified atom stereocenters. The third-order valence-electron chi connectivity index (χ3n) is 4.42. The van der Waals surface area contributed by atoms with Gasteiger partial charge < -0.3 is 19.8 Å². The van der Waals surface area contributed by atoms with Crippen molar-refractivity contribution in [3.63, 3.8) is 0 Å². The lowest BCUT2D eigenvalue weighted by Crippen LogP contribution is -2.52. The Kier molecular flexibility index (Phi) is 8.36. The van der Waals surface area contributed by atoms with Gasteiger partial charge >= 0.3 is 0 Å². The molecule has 7 nitrogen and oxygen atoms in total. The van der Waals surface area contributed by atoms with Gasteiger partial charge in [-0.05, 0) is 31.5 Å². The van der Waals surface area contributed by atoms with E-state index >= 15 is 0 Å². The number of phenolic OH excluding ortho intramolecular Hbond substituents is 1. The average Bonchev–Trinajstić information content (AvgIpc) is 3.05. The molecule has 0 radical (unpaired) electrons. The van der Waals surface area contributed by atoms with E-state index in [1.165, 1.54) is 0 Å². The molecule has 2 N–H and O–H groups in total. The highest BCUT2D eigenvalue weighted by atomic mass is 127. The number of nitrogens with zero attached hydrogens (tertiary/aromatic N) is 4. The van der Waals surface area contributed by atoms with Crippen molar-refractivity contribution in [2.75, 3.05) is 32.7 Å². The Morgan fingerprint density at radius 3 is 2.52 bits per heavy atom. The number of aliphatic imine (C=N–C) groups is 1. The molecule has 148 valence electrons. The topological polar surface area (TPSA) is 77.1 Å². The second-order valence-corrected chi connectivity index (χ2v) is 6.53. The van der Waals surface area contributed by atoms with Crippen LogP contribution in [-0.4, -0.2) is 58.7 Å². The third-order valence-corrected chi connectivity index (χ3v) is 4.42. The Hall–Kier alpha value is -1.81. The fourth-order valence-corrected chi connectivity index (χ4v) is 3.03. The second kappa shape index (κ2) is 10.5. The maximum absolute atomic E-state index is 9.38. The summed E-state index contributed by atoms with van der Waals surface area (Å²) < 4.78 is 5.15. The Labute approximate surface area is 177 Å². The van der Waals surface area contributed by atoms with Gasteiger partial charge in [0.25, 0.3) is 0 Å². The molecule has 1 aliphatic heterocycles. The molecule has 1 aromatic heterocycles. The zero-order valence-corrected chi connectivity index (χ0v) is 18.2. The summed E-state index contributed by atoms with van der Waals surface area (Å²) in [6.45, 7) is 10.1. The van der Waals surface area contributed by atoms with E-state index in [0.717, 1.165) is 62.2 Å². The molecule has 3 rings (SSSR count). The standard InChI is InChI=1S/C19H27N5O2.HI/c1-3-20-19(21-13-16-4-6-18(25)7-5-16)24-10-8-23(9-11-24)14-17-12-15(2)26-22-17;/h4-7,12,25H,3,8-11,13-14H2,1-2H3,(H,20,21);1H. The highest BCUT2D eigenvalue weighted by Crippen LogP contribution is 2.12. The Bertz CT molecular complexity index is 724. The summed E-state index contributed by atoms with van der Waals surface area (Å²) >= 11 is 0. The molecule has 0 atom stereocenters. The molecule has 0 saturated carbocycles. The average molecular weight is 485 g/mol. The van der Waals surface area contributed by atoms with E-state index in [-0.39, 0.29) is 29.7 Å². The van der Waals surface area contributed by atoms with Gasteiger partial charge in [-0.2, -0.15) is 0 Å². The van der Waals surface area contributed by atoms with Crippen molar-refractivity contribution >= 4 is 29.9 Å². The van der Waals surface area contributed by atoms with E-state index in [4.69, 9.17) is 9.52 Å². The molecule has 0 bridgehead atoms. The van der Waals surface area contributed by atoms with Crippen LogP contribution in [0.25, 0.3) is 0 Å². The quantitative estimate of drug-likeness (QED) is 0.385. The first-order chi connectivity index (χ1) is 12.6. The van der Waals surface area contributed by atoms with Crippen LogP contribution in [0.3, 0.4) is 0 Å². The van der Waals surface area contributed by atoms with Crippen molar-refractivity contribution in [1.82, 2.24) is 20.3 Å². The Balaban J connectivity index is 0.00000261. The van der Waals surface area contributed by atoms with Crippen LogP contribution in [0.15, 0.2) is 39.8 Å². The van der Waals surface area contributed by atoms with Gasteiger partial charge in [0, 0.05) is 45.3 Å². The Morgan fingerprint density at radius 1 is 1.22 bits per heavy atom. The molecule has 8 heteroatoms.